The molecule has 0 aromatic carbocycles. The van der Waals surface area contributed by atoms with Gasteiger partial charge in [0.1, 0.15) is 5.69 Å². The zero-order chi connectivity index (χ0) is 19.3. The monoisotopic (exact) mass is 378 g/mol. The molecule has 1 atom stereocenters. The average Bonchev–Trinajstić information content (AvgIpc) is 3.43. The highest BCUT2D eigenvalue weighted by Gasteiger charge is 2.24. The van der Waals surface area contributed by atoms with Crippen LogP contribution in [0.15, 0.2) is 30.7 Å². The Balaban J connectivity index is 1.76. The van der Waals surface area contributed by atoms with E-state index in [1.165, 1.54) is 0 Å². The van der Waals surface area contributed by atoms with Crippen LogP contribution in [-0.4, -0.2) is 60.4 Å². The first-order chi connectivity index (χ1) is 13.6. The van der Waals surface area contributed by atoms with Gasteiger partial charge in [0.05, 0.1) is 37.2 Å². The maximum absolute atomic E-state index is 5.61. The fourth-order valence-corrected chi connectivity index (χ4v) is 3.72. The molecule has 0 amide bonds. The molecular weight excluding hydrogens is 356 g/mol. The Morgan fingerprint density at radius 2 is 2.14 bits per heavy atom. The van der Waals surface area contributed by atoms with E-state index in [9.17, 15) is 0 Å². The number of morpholine rings is 1. The molecule has 4 aromatic rings. The number of aromatic nitrogens is 7. The van der Waals surface area contributed by atoms with E-state index < -0.39 is 0 Å². The lowest BCUT2D eigenvalue weighted by Gasteiger charge is -2.34. The van der Waals surface area contributed by atoms with Crippen LogP contribution in [0.2, 0.25) is 0 Å². The lowest BCUT2D eigenvalue weighted by Crippen LogP contribution is -2.44. The van der Waals surface area contributed by atoms with Crippen molar-refractivity contribution in [2.45, 2.75) is 19.9 Å². The number of aromatic amines is 1. The normalized spacial score (nSPS) is 17.5. The van der Waals surface area contributed by atoms with E-state index in [4.69, 9.17) is 9.84 Å². The third-order valence-corrected chi connectivity index (χ3v) is 5.42. The summed E-state index contributed by atoms with van der Waals surface area (Å²) in [6, 6.07) is 4.29. The Bertz CT molecular complexity index is 1130. The van der Waals surface area contributed by atoms with Crippen LogP contribution in [-0.2, 0) is 11.8 Å². The third-order valence-electron chi connectivity index (χ3n) is 5.42. The molecule has 1 aliphatic heterocycles. The van der Waals surface area contributed by atoms with Crippen LogP contribution in [0.5, 0.6) is 0 Å². The van der Waals surface area contributed by atoms with E-state index in [2.05, 4.69) is 45.1 Å². The summed E-state index contributed by atoms with van der Waals surface area (Å²) in [5.41, 5.74) is 5.00. The first-order valence-corrected chi connectivity index (χ1v) is 9.35. The molecule has 4 aromatic heterocycles. The van der Waals surface area contributed by atoms with Gasteiger partial charge in [0, 0.05) is 36.6 Å². The zero-order valence-electron chi connectivity index (χ0n) is 16.1. The van der Waals surface area contributed by atoms with Gasteiger partial charge < -0.3 is 9.64 Å². The minimum absolute atomic E-state index is 0.251. The van der Waals surface area contributed by atoms with Crippen LogP contribution >= 0.6 is 0 Å². The number of ether oxygens (including phenoxy) is 1. The van der Waals surface area contributed by atoms with Crippen LogP contribution in [0.3, 0.4) is 0 Å². The molecule has 9 heteroatoms. The number of rotatable bonds is 3. The standard InChI is InChI=1S/C19H22N8O/c1-12-11-28-7-6-26(12)18-8-14(15-9-22-25(3)13(15)2)17-10-20-19(27(17)24-18)16-4-5-21-23-16/h4-5,8-10,12H,6-7,11H2,1-3H3,(H,21,23)/t12-/m1/s1. The van der Waals surface area contributed by atoms with E-state index in [1.54, 1.807) is 6.20 Å². The third kappa shape index (κ3) is 2.58. The van der Waals surface area contributed by atoms with Gasteiger partial charge in [-0.15, -0.1) is 5.10 Å². The molecule has 1 fully saturated rings. The lowest BCUT2D eigenvalue weighted by molar-refractivity contribution is 0.0984. The Labute approximate surface area is 161 Å². The first-order valence-electron chi connectivity index (χ1n) is 9.35. The van der Waals surface area contributed by atoms with Gasteiger partial charge in [-0.3, -0.25) is 9.78 Å². The molecule has 0 radical (unpaired) electrons. The van der Waals surface area contributed by atoms with Gasteiger partial charge in [-0.05, 0) is 26.0 Å². The summed E-state index contributed by atoms with van der Waals surface area (Å²) in [5, 5.41) is 16.4. The summed E-state index contributed by atoms with van der Waals surface area (Å²) >= 11 is 0. The second kappa shape index (κ2) is 6.45. The van der Waals surface area contributed by atoms with Crippen molar-refractivity contribution in [3.8, 4) is 22.6 Å². The zero-order valence-corrected chi connectivity index (χ0v) is 16.1. The van der Waals surface area contributed by atoms with E-state index in [0.717, 1.165) is 46.2 Å². The predicted molar refractivity (Wildman–Crippen MR) is 105 cm³/mol. The molecule has 144 valence electrons. The highest BCUT2D eigenvalue weighted by molar-refractivity contribution is 5.84. The second-order valence-electron chi connectivity index (χ2n) is 7.15. The molecule has 1 saturated heterocycles. The van der Waals surface area contributed by atoms with Gasteiger partial charge in [0.15, 0.2) is 11.6 Å². The van der Waals surface area contributed by atoms with Crippen LogP contribution in [0.4, 0.5) is 5.82 Å². The summed E-state index contributed by atoms with van der Waals surface area (Å²) in [4.78, 5) is 6.91. The number of fused-ring (bicyclic) bond motifs is 1. The fraction of sp³-hybridized carbons (Fsp3) is 0.368. The molecule has 5 rings (SSSR count). The molecule has 0 aliphatic carbocycles. The van der Waals surface area contributed by atoms with Gasteiger partial charge in [0.25, 0.3) is 0 Å². The van der Waals surface area contributed by atoms with Gasteiger partial charge in [-0.25, -0.2) is 9.50 Å². The quantitative estimate of drug-likeness (QED) is 0.587. The fourth-order valence-electron chi connectivity index (χ4n) is 3.72. The Kier molecular flexibility index (Phi) is 3.90. The van der Waals surface area contributed by atoms with E-state index in [1.807, 2.05) is 34.7 Å². The maximum atomic E-state index is 5.61. The molecule has 5 heterocycles. The summed E-state index contributed by atoms with van der Waals surface area (Å²) in [6.45, 7) is 6.42. The number of hydrogen-bond donors (Lipinski definition) is 1. The lowest BCUT2D eigenvalue weighted by atomic mass is 10.1. The summed E-state index contributed by atoms with van der Waals surface area (Å²) in [7, 11) is 1.95. The van der Waals surface area contributed by atoms with Gasteiger partial charge in [0.2, 0.25) is 0 Å². The van der Waals surface area contributed by atoms with Gasteiger partial charge >= 0.3 is 0 Å². The molecular formula is C19H22N8O. The van der Waals surface area contributed by atoms with Crippen molar-refractivity contribution >= 4 is 11.3 Å². The van der Waals surface area contributed by atoms with Crippen molar-refractivity contribution in [1.82, 2.24) is 34.6 Å². The van der Waals surface area contributed by atoms with Crippen molar-refractivity contribution in [2.75, 3.05) is 24.7 Å². The molecule has 0 bridgehead atoms. The molecule has 28 heavy (non-hydrogen) atoms. The van der Waals surface area contributed by atoms with E-state index >= 15 is 0 Å². The minimum Gasteiger partial charge on any atom is -0.377 e. The summed E-state index contributed by atoms with van der Waals surface area (Å²) in [5.74, 6) is 1.64. The number of anilines is 1. The van der Waals surface area contributed by atoms with Crippen molar-refractivity contribution < 1.29 is 4.74 Å². The van der Waals surface area contributed by atoms with Crippen LogP contribution in [0, 0.1) is 6.92 Å². The van der Waals surface area contributed by atoms with Gasteiger partial charge in [-0.1, -0.05) is 0 Å². The number of imidazole rings is 1. The topological polar surface area (TPSA) is 89.2 Å². The number of aryl methyl sites for hydroxylation is 1. The highest BCUT2D eigenvalue weighted by atomic mass is 16.5. The Hall–Kier alpha value is -3.20. The number of hydrogen-bond acceptors (Lipinski definition) is 6. The number of nitrogens with one attached hydrogen (secondary N) is 1. The Morgan fingerprint density at radius 1 is 1.25 bits per heavy atom. The SMILES string of the molecule is Cc1c(-c2cc(N3CCOC[C@H]3C)nn3c(-c4ccn[nH]4)ncc23)cnn1C. The van der Waals surface area contributed by atoms with Crippen molar-refractivity contribution in [1.29, 1.82) is 0 Å². The second-order valence-corrected chi connectivity index (χ2v) is 7.15. The maximum Gasteiger partial charge on any atom is 0.179 e. The number of nitrogens with zero attached hydrogens (tertiary/aromatic N) is 7. The van der Waals surface area contributed by atoms with Crippen LogP contribution in [0.25, 0.3) is 28.2 Å². The molecule has 0 unspecified atom stereocenters. The molecule has 1 N–H and O–H groups in total. The Morgan fingerprint density at radius 3 is 2.86 bits per heavy atom. The highest BCUT2D eigenvalue weighted by Crippen LogP contribution is 2.32. The molecule has 1 aliphatic rings. The van der Waals surface area contributed by atoms with Crippen LogP contribution in [0.1, 0.15) is 12.6 Å². The van der Waals surface area contributed by atoms with Crippen molar-refractivity contribution in [3.05, 3.63) is 36.4 Å². The van der Waals surface area contributed by atoms with E-state index in [-0.39, 0.29) is 6.04 Å². The minimum atomic E-state index is 0.251. The first kappa shape index (κ1) is 16.9. The molecule has 0 saturated carbocycles. The average molecular weight is 378 g/mol. The largest absolute Gasteiger partial charge is 0.377 e. The molecule has 9 nitrogen and oxygen atoms in total. The summed E-state index contributed by atoms with van der Waals surface area (Å²) in [6.07, 6.45) is 5.48. The smallest absolute Gasteiger partial charge is 0.179 e. The van der Waals surface area contributed by atoms with Crippen molar-refractivity contribution in [2.24, 2.45) is 7.05 Å². The number of H-pyrrole nitrogens is 1. The van der Waals surface area contributed by atoms with Crippen LogP contribution < -0.4 is 4.90 Å². The van der Waals surface area contributed by atoms with E-state index in [0.29, 0.717) is 13.2 Å². The van der Waals surface area contributed by atoms with Gasteiger partial charge in [-0.2, -0.15) is 10.2 Å². The molecule has 0 spiro atoms. The van der Waals surface area contributed by atoms with Crippen molar-refractivity contribution in [3.63, 3.8) is 0 Å². The summed E-state index contributed by atoms with van der Waals surface area (Å²) < 4.78 is 9.39. The predicted octanol–water partition coefficient (Wildman–Crippen LogP) is 2.05.